The summed E-state index contributed by atoms with van der Waals surface area (Å²) in [5, 5.41) is 19.9. The molecule has 0 spiro atoms. The number of carbonyl (C=O) groups is 1. The van der Waals surface area contributed by atoms with Crippen LogP contribution in [0, 0.1) is 0 Å². The highest BCUT2D eigenvalue weighted by atomic mass is 16.4. The van der Waals surface area contributed by atoms with Crippen molar-refractivity contribution in [3.63, 3.8) is 0 Å². The minimum atomic E-state index is -1.21. The summed E-state index contributed by atoms with van der Waals surface area (Å²) in [5.74, 6) is -0.542. The zero-order valence-corrected chi connectivity index (χ0v) is 9.53. The zero-order chi connectivity index (χ0) is 13.1. The first-order valence-electron chi connectivity index (χ1n) is 5.23. The van der Waals surface area contributed by atoms with E-state index >= 15 is 0 Å². The van der Waals surface area contributed by atoms with Gasteiger partial charge in [-0.3, -0.25) is 4.79 Å². The molecule has 0 bridgehead atoms. The van der Waals surface area contributed by atoms with Crippen LogP contribution in [0.4, 0.5) is 0 Å². The lowest BCUT2D eigenvalue weighted by molar-refractivity contribution is 0.0687. The van der Waals surface area contributed by atoms with Crippen molar-refractivity contribution in [1.29, 1.82) is 0 Å². The molecule has 2 rings (SSSR count). The van der Waals surface area contributed by atoms with Gasteiger partial charge >= 0.3 is 5.97 Å². The molecule has 0 aromatic carbocycles. The number of hydrogen-bond donors (Lipinski definition) is 1. The molecule has 0 unspecified atom stereocenters. The summed E-state index contributed by atoms with van der Waals surface area (Å²) >= 11 is 0. The number of aryl methyl sites for hydroxylation is 1. The van der Waals surface area contributed by atoms with E-state index in [0.717, 1.165) is 16.8 Å². The van der Waals surface area contributed by atoms with Crippen LogP contribution in [0.2, 0.25) is 0 Å². The summed E-state index contributed by atoms with van der Waals surface area (Å²) in [6.07, 6.45) is 0.588. The van der Waals surface area contributed by atoms with E-state index < -0.39 is 11.5 Å². The number of hydrogen-bond acceptors (Lipinski definition) is 6. The smallest absolute Gasteiger partial charge is 0.356 e. The average Bonchev–Trinajstić information content (AvgIpc) is 2.79. The molecule has 2 heterocycles. The summed E-state index contributed by atoms with van der Waals surface area (Å²) in [6.45, 7) is 1.81. The van der Waals surface area contributed by atoms with E-state index in [1.807, 2.05) is 6.92 Å². The van der Waals surface area contributed by atoms with Crippen molar-refractivity contribution in [2.24, 2.45) is 0 Å². The van der Waals surface area contributed by atoms with Gasteiger partial charge in [0.25, 0.3) is 5.56 Å². The second-order valence-electron chi connectivity index (χ2n) is 3.46. The van der Waals surface area contributed by atoms with Crippen molar-refractivity contribution in [2.75, 3.05) is 0 Å². The Labute approximate surface area is 101 Å². The minimum Gasteiger partial charge on any atom is -0.476 e. The molecule has 0 radical (unpaired) electrons. The Balaban J connectivity index is 2.30. The number of nitrogens with zero attached hydrogens (tertiary/aromatic N) is 4. The fourth-order valence-corrected chi connectivity index (χ4v) is 1.30. The van der Waals surface area contributed by atoms with E-state index in [-0.39, 0.29) is 18.1 Å². The lowest BCUT2D eigenvalue weighted by Crippen LogP contribution is -2.25. The van der Waals surface area contributed by atoms with Crippen LogP contribution < -0.4 is 5.56 Å². The third-order valence-electron chi connectivity index (χ3n) is 2.18. The maximum Gasteiger partial charge on any atom is 0.356 e. The van der Waals surface area contributed by atoms with Gasteiger partial charge in [0.2, 0.25) is 11.8 Å². The SMILES string of the molecule is CCc1nnc(Cn2nc(C(=O)O)ccc2=O)o1. The van der Waals surface area contributed by atoms with Crippen molar-refractivity contribution in [1.82, 2.24) is 20.0 Å². The Morgan fingerprint density at radius 1 is 1.39 bits per heavy atom. The number of carboxylic acids is 1. The lowest BCUT2D eigenvalue weighted by Gasteiger charge is -2.01. The molecular weight excluding hydrogens is 240 g/mol. The van der Waals surface area contributed by atoms with Gasteiger partial charge in [0.15, 0.2) is 5.69 Å². The Morgan fingerprint density at radius 2 is 2.11 bits per heavy atom. The Hall–Kier alpha value is -2.51. The molecule has 8 heteroatoms. The first-order valence-corrected chi connectivity index (χ1v) is 5.23. The van der Waals surface area contributed by atoms with Crippen molar-refractivity contribution >= 4 is 5.97 Å². The predicted molar refractivity (Wildman–Crippen MR) is 58.2 cm³/mol. The van der Waals surface area contributed by atoms with Gasteiger partial charge in [-0.25, -0.2) is 9.48 Å². The summed E-state index contributed by atoms with van der Waals surface area (Å²) in [5.41, 5.74) is -0.652. The van der Waals surface area contributed by atoms with E-state index in [1.54, 1.807) is 0 Å². The summed E-state index contributed by atoms with van der Waals surface area (Å²) in [4.78, 5) is 22.2. The highest BCUT2D eigenvalue weighted by Crippen LogP contribution is 2.01. The standard InChI is InChI=1S/C10H10N4O4/c1-2-7-11-12-8(18-7)5-14-9(15)4-3-6(13-14)10(16)17/h3-4H,2,5H2,1H3,(H,16,17). The first-order chi connectivity index (χ1) is 8.60. The molecule has 0 saturated carbocycles. The van der Waals surface area contributed by atoms with Crippen LogP contribution >= 0.6 is 0 Å². The highest BCUT2D eigenvalue weighted by molar-refractivity contribution is 5.84. The van der Waals surface area contributed by atoms with Gasteiger partial charge in [-0.05, 0) is 6.07 Å². The van der Waals surface area contributed by atoms with Gasteiger partial charge in [-0.1, -0.05) is 6.92 Å². The average molecular weight is 250 g/mol. The second kappa shape index (κ2) is 4.78. The molecular formula is C10H10N4O4. The van der Waals surface area contributed by atoms with Crippen molar-refractivity contribution in [2.45, 2.75) is 19.9 Å². The van der Waals surface area contributed by atoms with Crippen LogP contribution in [0.15, 0.2) is 21.3 Å². The molecule has 94 valence electrons. The van der Waals surface area contributed by atoms with Gasteiger partial charge in [0.05, 0.1) is 0 Å². The minimum absolute atomic E-state index is 0.0487. The molecule has 0 fully saturated rings. The first kappa shape index (κ1) is 12.0. The quantitative estimate of drug-likeness (QED) is 0.808. The molecule has 0 aliphatic carbocycles. The van der Waals surface area contributed by atoms with Gasteiger partial charge in [0, 0.05) is 12.5 Å². The second-order valence-corrected chi connectivity index (χ2v) is 3.46. The number of rotatable bonds is 4. The van der Waals surface area contributed by atoms with Gasteiger partial charge in [0.1, 0.15) is 6.54 Å². The van der Waals surface area contributed by atoms with Crippen molar-refractivity contribution in [3.8, 4) is 0 Å². The van der Waals surface area contributed by atoms with Crippen molar-refractivity contribution in [3.05, 3.63) is 40.0 Å². The van der Waals surface area contributed by atoms with Crippen LogP contribution in [-0.2, 0) is 13.0 Å². The predicted octanol–water partition coefficient (Wildman–Crippen LogP) is -0.0648. The summed E-state index contributed by atoms with van der Waals surface area (Å²) in [7, 11) is 0. The van der Waals surface area contributed by atoms with Crippen LogP contribution in [0.5, 0.6) is 0 Å². The van der Waals surface area contributed by atoms with Gasteiger partial charge in [-0.2, -0.15) is 5.10 Å². The normalized spacial score (nSPS) is 10.5. The number of aromatic nitrogens is 4. The van der Waals surface area contributed by atoms with Gasteiger partial charge in [-0.15, -0.1) is 10.2 Å². The van der Waals surface area contributed by atoms with E-state index in [1.165, 1.54) is 0 Å². The summed E-state index contributed by atoms with van der Waals surface area (Å²) < 4.78 is 6.19. The van der Waals surface area contributed by atoms with Crippen LogP contribution in [0.1, 0.15) is 29.2 Å². The Morgan fingerprint density at radius 3 is 2.72 bits per heavy atom. The third-order valence-corrected chi connectivity index (χ3v) is 2.18. The molecule has 0 amide bonds. The Kier molecular flexibility index (Phi) is 3.18. The maximum atomic E-state index is 11.5. The van der Waals surface area contributed by atoms with Crippen LogP contribution in [0.25, 0.3) is 0 Å². The molecule has 1 N–H and O–H groups in total. The molecule has 0 aliphatic rings. The molecule has 2 aromatic heterocycles. The highest BCUT2D eigenvalue weighted by Gasteiger charge is 2.10. The van der Waals surface area contributed by atoms with Gasteiger partial charge < -0.3 is 9.52 Å². The molecule has 0 atom stereocenters. The van der Waals surface area contributed by atoms with E-state index in [2.05, 4.69) is 15.3 Å². The monoisotopic (exact) mass is 250 g/mol. The van der Waals surface area contributed by atoms with E-state index in [4.69, 9.17) is 9.52 Å². The fraction of sp³-hybridized carbons (Fsp3) is 0.300. The van der Waals surface area contributed by atoms with Crippen LogP contribution in [0.3, 0.4) is 0 Å². The number of aromatic carboxylic acids is 1. The molecule has 0 saturated heterocycles. The third kappa shape index (κ3) is 2.42. The topological polar surface area (TPSA) is 111 Å². The lowest BCUT2D eigenvalue weighted by atomic mass is 10.4. The molecule has 8 nitrogen and oxygen atoms in total. The number of carboxylic acid groups (broad SMARTS) is 1. The van der Waals surface area contributed by atoms with Crippen molar-refractivity contribution < 1.29 is 14.3 Å². The summed E-state index contributed by atoms with van der Waals surface area (Å²) in [6, 6.07) is 2.28. The molecule has 2 aromatic rings. The zero-order valence-electron chi connectivity index (χ0n) is 9.53. The van der Waals surface area contributed by atoms with Crippen LogP contribution in [-0.4, -0.2) is 31.1 Å². The van der Waals surface area contributed by atoms with E-state index in [0.29, 0.717) is 12.3 Å². The largest absolute Gasteiger partial charge is 0.476 e. The van der Waals surface area contributed by atoms with E-state index in [9.17, 15) is 9.59 Å². The molecule has 0 aliphatic heterocycles. The maximum absolute atomic E-state index is 11.5. The molecule has 18 heavy (non-hydrogen) atoms. The Bertz CT molecular complexity index is 631. The fourth-order valence-electron chi connectivity index (χ4n) is 1.30.